The van der Waals surface area contributed by atoms with E-state index in [-0.39, 0.29) is 28.5 Å². The number of benzene rings is 1. The molecular weight excluding hydrogens is 280 g/mol. The summed E-state index contributed by atoms with van der Waals surface area (Å²) >= 11 is 0. The molecule has 0 spiro atoms. The first kappa shape index (κ1) is 13.1. The molecule has 0 bridgehead atoms. The lowest BCUT2D eigenvalue weighted by molar-refractivity contribution is -0.126. The molecule has 0 unspecified atom stereocenters. The van der Waals surface area contributed by atoms with Crippen LogP contribution in [0.1, 0.15) is 0 Å². The molecule has 20 heavy (non-hydrogen) atoms. The van der Waals surface area contributed by atoms with Crippen LogP contribution in [0.5, 0.6) is 0 Å². The van der Waals surface area contributed by atoms with Crippen LogP contribution in [0.4, 0.5) is 5.69 Å². The van der Waals surface area contributed by atoms with E-state index in [1.54, 1.807) is 18.2 Å². The Hall–Kier alpha value is -1.89. The van der Waals surface area contributed by atoms with Crippen LogP contribution in [0.2, 0.25) is 0 Å². The maximum absolute atomic E-state index is 11.6. The molecule has 0 radical (unpaired) electrons. The van der Waals surface area contributed by atoms with Crippen LogP contribution in [0.25, 0.3) is 0 Å². The second-order valence-electron chi connectivity index (χ2n) is 5.24. The highest BCUT2D eigenvalue weighted by Crippen LogP contribution is 2.32. The Balaban J connectivity index is 1.89. The molecule has 2 aliphatic heterocycles. The van der Waals surface area contributed by atoms with E-state index < -0.39 is 9.84 Å². The molecule has 2 heterocycles. The van der Waals surface area contributed by atoms with Gasteiger partial charge < -0.3 is 4.90 Å². The summed E-state index contributed by atoms with van der Waals surface area (Å²) in [7, 11) is -3.27. The molecular formula is C13H14N2O4S. The Morgan fingerprint density at radius 2 is 1.75 bits per heavy atom. The van der Waals surface area contributed by atoms with Gasteiger partial charge in [-0.25, -0.2) is 8.42 Å². The van der Waals surface area contributed by atoms with Gasteiger partial charge in [0.15, 0.2) is 9.84 Å². The predicted octanol–water partition coefficient (Wildman–Crippen LogP) is -0.201. The van der Waals surface area contributed by atoms with Gasteiger partial charge in [0.05, 0.1) is 16.7 Å². The minimum Gasteiger partial charge on any atom is -0.370 e. The maximum Gasteiger partial charge on any atom is 0.232 e. The van der Waals surface area contributed by atoms with E-state index >= 15 is 0 Å². The molecule has 106 valence electrons. The van der Waals surface area contributed by atoms with Gasteiger partial charge in [-0.1, -0.05) is 6.07 Å². The summed E-state index contributed by atoms with van der Waals surface area (Å²) in [5.74, 6) is -1.13. The number of amides is 2. The number of anilines is 1. The molecule has 0 aromatic heterocycles. The average molecular weight is 294 g/mol. The lowest BCUT2D eigenvalue weighted by Crippen LogP contribution is -2.31. The van der Waals surface area contributed by atoms with E-state index in [1.807, 2.05) is 4.90 Å². The van der Waals surface area contributed by atoms with E-state index in [0.29, 0.717) is 13.1 Å². The highest BCUT2D eigenvalue weighted by Gasteiger charge is 2.47. The summed E-state index contributed by atoms with van der Waals surface area (Å²) in [4.78, 5) is 25.4. The fourth-order valence-corrected chi connectivity index (χ4v) is 3.42. The number of carbonyl (C=O) groups is 2. The summed E-state index contributed by atoms with van der Waals surface area (Å²) in [5, 5.41) is 2.33. The minimum absolute atomic E-state index is 0.234. The average Bonchev–Trinajstić information content (AvgIpc) is 2.92. The van der Waals surface area contributed by atoms with Crippen LogP contribution < -0.4 is 10.2 Å². The minimum atomic E-state index is -3.27. The number of hydrogen-bond acceptors (Lipinski definition) is 5. The number of nitrogens with zero attached hydrogens (tertiary/aromatic N) is 1. The summed E-state index contributed by atoms with van der Waals surface area (Å²) in [6.07, 6.45) is 1.15. The molecule has 1 aromatic carbocycles. The highest BCUT2D eigenvalue weighted by molar-refractivity contribution is 7.90. The number of imide groups is 1. The summed E-state index contributed by atoms with van der Waals surface area (Å²) in [6.45, 7) is 0.880. The number of rotatable bonds is 2. The Morgan fingerprint density at radius 1 is 1.15 bits per heavy atom. The van der Waals surface area contributed by atoms with E-state index in [9.17, 15) is 18.0 Å². The smallest absolute Gasteiger partial charge is 0.232 e. The molecule has 6 nitrogen and oxygen atoms in total. The Labute approximate surface area is 116 Å². The lowest BCUT2D eigenvalue weighted by Gasteiger charge is -2.19. The number of sulfone groups is 1. The fraction of sp³-hybridized carbons (Fsp3) is 0.385. The van der Waals surface area contributed by atoms with Crippen molar-refractivity contribution in [3.8, 4) is 0 Å². The molecule has 0 saturated carbocycles. The molecule has 2 atom stereocenters. The van der Waals surface area contributed by atoms with E-state index in [1.165, 1.54) is 6.07 Å². The zero-order valence-electron chi connectivity index (χ0n) is 10.9. The van der Waals surface area contributed by atoms with Gasteiger partial charge in [0.1, 0.15) is 0 Å². The van der Waals surface area contributed by atoms with E-state index in [4.69, 9.17) is 0 Å². The van der Waals surface area contributed by atoms with Crippen LogP contribution in [0.15, 0.2) is 29.2 Å². The first-order chi connectivity index (χ1) is 9.36. The van der Waals surface area contributed by atoms with Crippen molar-refractivity contribution in [2.75, 3.05) is 24.2 Å². The van der Waals surface area contributed by atoms with Crippen molar-refractivity contribution in [2.24, 2.45) is 11.8 Å². The van der Waals surface area contributed by atoms with Gasteiger partial charge in [-0.2, -0.15) is 0 Å². The van der Waals surface area contributed by atoms with Gasteiger partial charge in [-0.05, 0) is 18.2 Å². The predicted molar refractivity (Wildman–Crippen MR) is 71.9 cm³/mol. The standard InChI is InChI=1S/C13H14N2O4S/c1-20(18,19)9-4-2-3-8(5-9)15-6-10-11(7-15)13(17)14-12(10)16/h2-5,10-11H,6-7H2,1H3,(H,14,16,17)/t10-,11+. The second kappa shape index (κ2) is 4.31. The third-order valence-corrected chi connectivity index (χ3v) is 4.96. The van der Waals surface area contributed by atoms with E-state index in [0.717, 1.165) is 11.9 Å². The van der Waals surface area contributed by atoms with Crippen LogP contribution in [0, 0.1) is 11.8 Å². The van der Waals surface area contributed by atoms with Crippen molar-refractivity contribution in [2.45, 2.75) is 4.90 Å². The molecule has 1 aromatic rings. The number of carbonyl (C=O) groups excluding carboxylic acids is 2. The second-order valence-corrected chi connectivity index (χ2v) is 7.26. The topological polar surface area (TPSA) is 83.6 Å². The molecule has 2 fully saturated rings. The van der Waals surface area contributed by atoms with Gasteiger partial charge in [-0.15, -0.1) is 0 Å². The molecule has 0 aliphatic carbocycles. The van der Waals surface area contributed by atoms with E-state index in [2.05, 4.69) is 5.32 Å². The van der Waals surface area contributed by atoms with Crippen LogP contribution >= 0.6 is 0 Å². The summed E-state index contributed by atoms with van der Waals surface area (Å²) in [5.41, 5.74) is 0.725. The van der Waals surface area contributed by atoms with Crippen LogP contribution in [0.3, 0.4) is 0 Å². The summed E-state index contributed by atoms with van der Waals surface area (Å²) in [6, 6.07) is 6.58. The Kier molecular flexibility index (Phi) is 2.82. The molecule has 7 heteroatoms. The third-order valence-electron chi connectivity index (χ3n) is 3.85. The fourth-order valence-electron chi connectivity index (χ4n) is 2.76. The van der Waals surface area contributed by atoms with Gasteiger partial charge >= 0.3 is 0 Å². The largest absolute Gasteiger partial charge is 0.370 e. The van der Waals surface area contributed by atoms with Crippen molar-refractivity contribution < 1.29 is 18.0 Å². The highest BCUT2D eigenvalue weighted by atomic mass is 32.2. The van der Waals surface area contributed by atoms with Crippen molar-refractivity contribution >= 4 is 27.3 Å². The zero-order chi connectivity index (χ0) is 14.5. The normalized spacial score (nSPS) is 25.8. The van der Waals surface area contributed by atoms with Gasteiger partial charge in [0.25, 0.3) is 0 Å². The van der Waals surface area contributed by atoms with Crippen molar-refractivity contribution in [1.82, 2.24) is 5.32 Å². The zero-order valence-corrected chi connectivity index (χ0v) is 11.7. The third kappa shape index (κ3) is 2.07. The van der Waals surface area contributed by atoms with Crippen molar-refractivity contribution in [3.05, 3.63) is 24.3 Å². The van der Waals surface area contributed by atoms with Crippen LogP contribution in [-0.2, 0) is 19.4 Å². The quantitative estimate of drug-likeness (QED) is 0.764. The first-order valence-corrected chi connectivity index (χ1v) is 8.15. The SMILES string of the molecule is CS(=O)(=O)c1cccc(N2C[C@@H]3C(=O)NC(=O)[C@@H]3C2)c1. The Bertz CT molecular complexity index is 676. The number of nitrogens with one attached hydrogen (secondary N) is 1. The Morgan fingerprint density at radius 3 is 2.30 bits per heavy atom. The first-order valence-electron chi connectivity index (χ1n) is 6.26. The van der Waals surface area contributed by atoms with Crippen molar-refractivity contribution in [3.63, 3.8) is 0 Å². The maximum atomic E-state index is 11.6. The monoisotopic (exact) mass is 294 g/mol. The number of fused-ring (bicyclic) bond motifs is 1. The summed E-state index contributed by atoms with van der Waals surface area (Å²) < 4.78 is 23.1. The lowest BCUT2D eigenvalue weighted by atomic mass is 10.00. The van der Waals surface area contributed by atoms with Crippen LogP contribution in [-0.4, -0.2) is 39.6 Å². The molecule has 3 rings (SSSR count). The molecule has 2 amide bonds. The molecule has 2 aliphatic rings. The van der Waals surface area contributed by atoms with Gasteiger partial charge in [0, 0.05) is 25.0 Å². The van der Waals surface area contributed by atoms with Gasteiger partial charge in [0.2, 0.25) is 11.8 Å². The molecule has 1 N–H and O–H groups in total. The number of hydrogen-bond donors (Lipinski definition) is 1. The van der Waals surface area contributed by atoms with Gasteiger partial charge in [-0.3, -0.25) is 14.9 Å². The molecule has 2 saturated heterocycles. The van der Waals surface area contributed by atoms with Crippen molar-refractivity contribution in [1.29, 1.82) is 0 Å².